The lowest BCUT2D eigenvalue weighted by Gasteiger charge is -2.19. The van der Waals surface area contributed by atoms with E-state index in [0.29, 0.717) is 0 Å². The maximum Gasteiger partial charge on any atom is 0.0145 e. The average molecular weight is 146 g/mol. The lowest BCUT2D eigenvalue weighted by Crippen LogP contribution is -2.24. The molecule has 9 heavy (non-hydrogen) atoms. The van der Waals surface area contributed by atoms with Gasteiger partial charge in [0.1, 0.15) is 0 Å². The fraction of sp³-hybridized carbons (Fsp3) is 1.00. The molecule has 1 saturated heterocycles. The third-order valence-electron chi connectivity index (χ3n) is 1.85. The maximum absolute atomic E-state index is 3.35. The molecule has 2 nitrogen and oxygen atoms in total. The minimum absolute atomic E-state index is 0.727. The smallest absolute Gasteiger partial charge is 0.0145 e. The topological polar surface area (TPSA) is 15.3 Å². The summed E-state index contributed by atoms with van der Waals surface area (Å²) < 4.78 is 2.32. The summed E-state index contributed by atoms with van der Waals surface area (Å²) in [5.74, 6) is 0. The number of hydrogen-bond donors (Lipinski definition) is 1. The fourth-order valence-corrected chi connectivity index (χ4v) is 1.31. The molecule has 0 radical (unpaired) electrons. The number of nitrogens with one attached hydrogen (secondary N) is 1. The van der Waals surface area contributed by atoms with Gasteiger partial charge in [-0.2, -0.15) is 0 Å². The molecule has 1 N–H and O–H groups in total. The first-order chi connectivity index (χ1) is 4.30. The van der Waals surface area contributed by atoms with Crippen LogP contribution in [0.4, 0.5) is 0 Å². The lowest BCUT2D eigenvalue weighted by atomic mass is 10.2. The van der Waals surface area contributed by atoms with Crippen molar-refractivity contribution in [2.45, 2.75) is 19.4 Å². The van der Waals surface area contributed by atoms with E-state index in [1.807, 2.05) is 0 Å². The molecule has 0 aliphatic carbocycles. The van der Waals surface area contributed by atoms with Gasteiger partial charge in [-0.3, -0.25) is 4.67 Å². The summed E-state index contributed by atoms with van der Waals surface area (Å²) in [6.07, 6.45) is 1.27. The predicted molar refractivity (Wildman–Crippen MR) is 43.4 cm³/mol. The van der Waals surface area contributed by atoms with Gasteiger partial charge in [0.05, 0.1) is 0 Å². The minimum atomic E-state index is 0.727. The molecule has 1 aliphatic rings. The molecule has 1 heterocycles. The molecule has 1 fully saturated rings. The van der Waals surface area contributed by atoms with E-state index in [1.54, 1.807) is 0 Å². The average Bonchev–Trinajstić information content (AvgIpc) is 1.99. The van der Waals surface area contributed by atoms with Gasteiger partial charge in [-0.15, -0.1) is 0 Å². The van der Waals surface area contributed by atoms with Crippen LogP contribution in [0.1, 0.15) is 13.3 Å². The molecule has 2 unspecified atom stereocenters. The predicted octanol–water partition coefficient (Wildman–Crippen LogP) is 0.460. The molecular weight excluding hydrogens is 131 g/mol. The zero-order valence-electron chi connectivity index (χ0n) is 5.93. The van der Waals surface area contributed by atoms with E-state index in [4.69, 9.17) is 0 Å². The van der Waals surface area contributed by atoms with Crippen LogP contribution in [-0.2, 0) is 0 Å². The molecule has 54 valence electrons. The molecule has 2 atom stereocenters. The van der Waals surface area contributed by atoms with Crippen LogP contribution in [0.3, 0.4) is 0 Å². The normalized spacial score (nSPS) is 32.0. The Balaban J connectivity index is 2.32. The Morgan fingerprint density at radius 3 is 3.11 bits per heavy atom. The van der Waals surface area contributed by atoms with Crippen molar-refractivity contribution >= 4 is 9.39 Å². The molecule has 3 heteroatoms. The van der Waals surface area contributed by atoms with Crippen LogP contribution in [0.15, 0.2) is 0 Å². The number of nitrogens with zero attached hydrogens (tertiary/aromatic N) is 1. The van der Waals surface area contributed by atoms with Crippen molar-refractivity contribution < 1.29 is 0 Å². The first kappa shape index (κ1) is 7.46. The van der Waals surface area contributed by atoms with E-state index in [2.05, 4.69) is 26.3 Å². The molecular formula is C6H15N2P. The van der Waals surface area contributed by atoms with Gasteiger partial charge in [0.15, 0.2) is 0 Å². The second-order valence-electron chi connectivity index (χ2n) is 2.63. The van der Waals surface area contributed by atoms with Crippen LogP contribution in [0.25, 0.3) is 0 Å². The Bertz CT molecular complexity index is 77.1. The van der Waals surface area contributed by atoms with Crippen LogP contribution < -0.4 is 5.32 Å². The highest BCUT2D eigenvalue weighted by atomic mass is 31.0. The summed E-state index contributed by atoms with van der Waals surface area (Å²) in [6, 6.07) is 0.727. The van der Waals surface area contributed by atoms with Gasteiger partial charge in [-0.05, 0) is 19.9 Å². The van der Waals surface area contributed by atoms with Gasteiger partial charge < -0.3 is 5.32 Å². The van der Waals surface area contributed by atoms with E-state index in [9.17, 15) is 0 Å². The molecule has 1 aliphatic heterocycles. The Hall–Kier alpha value is 0.350. The van der Waals surface area contributed by atoms with Gasteiger partial charge in [-0.25, -0.2) is 0 Å². The van der Waals surface area contributed by atoms with E-state index < -0.39 is 0 Å². The van der Waals surface area contributed by atoms with Crippen LogP contribution in [0, 0.1) is 0 Å². The van der Waals surface area contributed by atoms with Gasteiger partial charge in [-0.1, -0.05) is 9.39 Å². The van der Waals surface area contributed by atoms with Gasteiger partial charge in [0, 0.05) is 19.1 Å². The molecule has 0 aromatic heterocycles. The second-order valence-corrected chi connectivity index (χ2v) is 3.29. The van der Waals surface area contributed by atoms with Crippen LogP contribution in [0.2, 0.25) is 0 Å². The first-order valence-corrected chi connectivity index (χ1v) is 4.04. The molecule has 0 amide bonds. The van der Waals surface area contributed by atoms with Crippen molar-refractivity contribution in [3.63, 3.8) is 0 Å². The number of hydrogen-bond acceptors (Lipinski definition) is 2. The SMILES string of the molecule is CC1CCNCCN1P. The summed E-state index contributed by atoms with van der Waals surface area (Å²) in [7, 11) is 2.77. The van der Waals surface area contributed by atoms with Crippen molar-refractivity contribution in [3.05, 3.63) is 0 Å². The number of rotatable bonds is 0. The Kier molecular flexibility index (Phi) is 2.90. The lowest BCUT2D eigenvalue weighted by molar-refractivity contribution is 0.389. The summed E-state index contributed by atoms with van der Waals surface area (Å²) >= 11 is 0. The molecule has 0 aromatic carbocycles. The van der Waals surface area contributed by atoms with Crippen molar-refractivity contribution in [3.8, 4) is 0 Å². The molecule has 0 aromatic rings. The largest absolute Gasteiger partial charge is 0.315 e. The molecule has 1 rings (SSSR count). The highest BCUT2D eigenvalue weighted by molar-refractivity contribution is 7.13. The first-order valence-electron chi connectivity index (χ1n) is 3.53. The summed E-state index contributed by atoms with van der Waals surface area (Å²) in [5, 5.41) is 3.35. The standard InChI is InChI=1S/C6H15N2P/c1-6-2-3-7-4-5-8(6)9/h6-7H,2-5,9H2,1H3. The van der Waals surface area contributed by atoms with Crippen LogP contribution >= 0.6 is 9.39 Å². The van der Waals surface area contributed by atoms with Crippen LogP contribution in [-0.4, -0.2) is 30.3 Å². The van der Waals surface area contributed by atoms with Crippen LogP contribution in [0.5, 0.6) is 0 Å². The van der Waals surface area contributed by atoms with E-state index >= 15 is 0 Å². The van der Waals surface area contributed by atoms with Crippen molar-refractivity contribution in [2.75, 3.05) is 19.6 Å². The zero-order chi connectivity index (χ0) is 6.69. The van der Waals surface area contributed by atoms with Crippen molar-refractivity contribution in [2.24, 2.45) is 0 Å². The fourth-order valence-electron chi connectivity index (χ4n) is 1.03. The molecule has 0 saturated carbocycles. The summed E-state index contributed by atoms with van der Waals surface area (Å²) in [4.78, 5) is 0. The van der Waals surface area contributed by atoms with E-state index in [-0.39, 0.29) is 0 Å². The maximum atomic E-state index is 3.35. The Labute approximate surface area is 59.3 Å². The Morgan fingerprint density at radius 2 is 2.33 bits per heavy atom. The zero-order valence-corrected chi connectivity index (χ0v) is 7.09. The van der Waals surface area contributed by atoms with Gasteiger partial charge >= 0.3 is 0 Å². The van der Waals surface area contributed by atoms with E-state index in [1.165, 1.54) is 13.0 Å². The molecule has 0 spiro atoms. The monoisotopic (exact) mass is 146 g/mol. The summed E-state index contributed by atoms with van der Waals surface area (Å²) in [5.41, 5.74) is 0. The quantitative estimate of drug-likeness (QED) is 0.499. The van der Waals surface area contributed by atoms with Crippen molar-refractivity contribution in [1.82, 2.24) is 9.99 Å². The van der Waals surface area contributed by atoms with Gasteiger partial charge in [0.25, 0.3) is 0 Å². The molecule has 0 bridgehead atoms. The third kappa shape index (κ3) is 2.21. The van der Waals surface area contributed by atoms with Gasteiger partial charge in [0.2, 0.25) is 0 Å². The summed E-state index contributed by atoms with van der Waals surface area (Å²) in [6.45, 7) is 5.73. The minimum Gasteiger partial charge on any atom is -0.315 e. The van der Waals surface area contributed by atoms with Crippen molar-refractivity contribution in [1.29, 1.82) is 0 Å². The second kappa shape index (κ2) is 3.50. The Morgan fingerprint density at radius 1 is 1.56 bits per heavy atom. The van der Waals surface area contributed by atoms with E-state index in [0.717, 1.165) is 19.1 Å². The highest BCUT2D eigenvalue weighted by Gasteiger charge is 2.10. The third-order valence-corrected chi connectivity index (χ3v) is 2.62. The highest BCUT2D eigenvalue weighted by Crippen LogP contribution is 2.09.